The standard InChI is InChI=1S/C13H18N2O2S/c14-12(18)6-1-2-7-15-13(17)9-10-4-3-5-11(16)8-10/h3-5,8,16H,1-2,6-7,9H2,(H2,14,18)(H,15,17). The van der Waals surface area contributed by atoms with Gasteiger partial charge in [-0.3, -0.25) is 4.79 Å². The van der Waals surface area contributed by atoms with E-state index in [0.29, 0.717) is 11.5 Å². The molecule has 1 aromatic carbocycles. The fourth-order valence-electron chi connectivity index (χ4n) is 1.57. The highest BCUT2D eigenvalue weighted by molar-refractivity contribution is 7.80. The Labute approximate surface area is 112 Å². The minimum atomic E-state index is -0.0454. The maximum Gasteiger partial charge on any atom is 0.224 e. The monoisotopic (exact) mass is 266 g/mol. The second kappa shape index (κ2) is 7.66. The van der Waals surface area contributed by atoms with Crippen LogP contribution >= 0.6 is 12.2 Å². The van der Waals surface area contributed by atoms with Crippen LogP contribution in [0.5, 0.6) is 5.75 Å². The van der Waals surface area contributed by atoms with Gasteiger partial charge in [-0.2, -0.15) is 0 Å². The number of carbonyl (C=O) groups is 1. The van der Waals surface area contributed by atoms with E-state index in [1.807, 2.05) is 6.07 Å². The summed E-state index contributed by atoms with van der Waals surface area (Å²) in [4.78, 5) is 12.1. The summed E-state index contributed by atoms with van der Waals surface area (Å²) in [6.07, 6.45) is 2.76. The smallest absolute Gasteiger partial charge is 0.224 e. The molecule has 0 atom stereocenters. The number of benzene rings is 1. The zero-order valence-electron chi connectivity index (χ0n) is 10.2. The number of nitrogens with two attached hydrogens (primary N) is 1. The van der Waals surface area contributed by atoms with Gasteiger partial charge in [-0.25, -0.2) is 0 Å². The predicted octanol–water partition coefficient (Wildman–Crippen LogP) is 1.51. The maximum absolute atomic E-state index is 11.6. The molecule has 0 unspecified atom stereocenters. The summed E-state index contributed by atoms with van der Waals surface area (Å²) in [6, 6.07) is 6.70. The number of nitrogens with one attached hydrogen (secondary N) is 1. The van der Waals surface area contributed by atoms with E-state index < -0.39 is 0 Å². The molecule has 0 fully saturated rings. The fraction of sp³-hybridized carbons (Fsp3) is 0.385. The van der Waals surface area contributed by atoms with Gasteiger partial charge in [0.05, 0.1) is 11.4 Å². The zero-order chi connectivity index (χ0) is 13.4. The van der Waals surface area contributed by atoms with Crippen molar-refractivity contribution in [2.45, 2.75) is 25.7 Å². The van der Waals surface area contributed by atoms with Gasteiger partial charge in [0.15, 0.2) is 0 Å². The molecular formula is C13H18N2O2S. The average Bonchev–Trinajstić information content (AvgIpc) is 2.28. The van der Waals surface area contributed by atoms with Crippen molar-refractivity contribution in [3.05, 3.63) is 29.8 Å². The van der Waals surface area contributed by atoms with E-state index in [1.165, 1.54) is 0 Å². The van der Waals surface area contributed by atoms with Crippen LogP contribution in [-0.4, -0.2) is 22.5 Å². The lowest BCUT2D eigenvalue weighted by molar-refractivity contribution is -0.120. The molecule has 1 amide bonds. The summed E-state index contributed by atoms with van der Waals surface area (Å²) in [5, 5.41) is 12.1. The van der Waals surface area contributed by atoms with Crippen molar-refractivity contribution in [3.8, 4) is 5.75 Å². The number of aromatic hydroxyl groups is 1. The van der Waals surface area contributed by atoms with E-state index in [0.717, 1.165) is 24.8 Å². The molecule has 0 aliphatic rings. The van der Waals surface area contributed by atoms with Gasteiger partial charge in [0, 0.05) is 6.54 Å². The van der Waals surface area contributed by atoms with E-state index in [1.54, 1.807) is 18.2 Å². The molecule has 0 bridgehead atoms. The Morgan fingerprint density at radius 3 is 2.83 bits per heavy atom. The summed E-state index contributed by atoms with van der Waals surface area (Å²) >= 11 is 4.76. The molecule has 0 saturated heterocycles. The first-order valence-electron chi connectivity index (χ1n) is 5.91. The molecule has 0 aliphatic heterocycles. The van der Waals surface area contributed by atoms with Gasteiger partial charge in [-0.1, -0.05) is 24.4 Å². The molecule has 0 heterocycles. The third-order valence-electron chi connectivity index (χ3n) is 2.45. The second-order valence-corrected chi connectivity index (χ2v) is 4.64. The van der Waals surface area contributed by atoms with Crippen LogP contribution in [0.2, 0.25) is 0 Å². The van der Waals surface area contributed by atoms with E-state index in [2.05, 4.69) is 5.32 Å². The Bertz CT molecular complexity index is 421. The van der Waals surface area contributed by atoms with E-state index in [-0.39, 0.29) is 18.1 Å². The largest absolute Gasteiger partial charge is 0.508 e. The van der Waals surface area contributed by atoms with Crippen molar-refractivity contribution >= 4 is 23.1 Å². The quantitative estimate of drug-likeness (QED) is 0.516. The van der Waals surface area contributed by atoms with E-state index >= 15 is 0 Å². The van der Waals surface area contributed by atoms with Crippen LogP contribution in [0.25, 0.3) is 0 Å². The van der Waals surface area contributed by atoms with Crippen molar-refractivity contribution < 1.29 is 9.90 Å². The van der Waals surface area contributed by atoms with Crippen LogP contribution in [0, 0.1) is 0 Å². The van der Waals surface area contributed by atoms with Crippen molar-refractivity contribution in [3.63, 3.8) is 0 Å². The Kier molecular flexibility index (Phi) is 6.14. The first kappa shape index (κ1) is 14.4. The van der Waals surface area contributed by atoms with Gasteiger partial charge in [0.1, 0.15) is 5.75 Å². The number of thiocarbonyl (C=S) groups is 1. The average molecular weight is 266 g/mol. The number of phenols is 1. The number of hydrogen-bond donors (Lipinski definition) is 3. The molecule has 1 rings (SSSR count). The number of rotatable bonds is 7. The van der Waals surface area contributed by atoms with Gasteiger partial charge < -0.3 is 16.2 Å². The van der Waals surface area contributed by atoms with Crippen molar-refractivity contribution in [2.75, 3.05) is 6.54 Å². The lowest BCUT2D eigenvalue weighted by Crippen LogP contribution is -2.26. The van der Waals surface area contributed by atoms with Crippen molar-refractivity contribution in [1.29, 1.82) is 0 Å². The Balaban J connectivity index is 2.20. The van der Waals surface area contributed by atoms with Gasteiger partial charge in [0.25, 0.3) is 0 Å². The van der Waals surface area contributed by atoms with Gasteiger partial charge >= 0.3 is 0 Å². The van der Waals surface area contributed by atoms with Gasteiger partial charge in [-0.15, -0.1) is 0 Å². The number of hydrogen-bond acceptors (Lipinski definition) is 3. The fourth-order valence-corrected chi connectivity index (χ4v) is 1.71. The SMILES string of the molecule is NC(=S)CCCCNC(=O)Cc1cccc(O)c1. The molecule has 0 aromatic heterocycles. The molecule has 4 N–H and O–H groups in total. The Morgan fingerprint density at radius 1 is 1.39 bits per heavy atom. The molecule has 98 valence electrons. The van der Waals surface area contributed by atoms with Gasteiger partial charge in [0.2, 0.25) is 5.91 Å². The number of phenolic OH excluding ortho intramolecular Hbond substituents is 1. The molecule has 0 spiro atoms. The second-order valence-electron chi connectivity index (χ2n) is 4.12. The molecule has 0 radical (unpaired) electrons. The van der Waals surface area contributed by atoms with Crippen molar-refractivity contribution in [2.24, 2.45) is 5.73 Å². The molecular weight excluding hydrogens is 248 g/mol. The first-order chi connectivity index (χ1) is 8.58. The Hall–Kier alpha value is -1.62. The third-order valence-corrected chi connectivity index (χ3v) is 2.65. The third kappa shape index (κ3) is 6.20. The summed E-state index contributed by atoms with van der Waals surface area (Å²) in [7, 11) is 0. The summed E-state index contributed by atoms with van der Waals surface area (Å²) in [5.41, 5.74) is 6.17. The van der Waals surface area contributed by atoms with Crippen LogP contribution in [0.3, 0.4) is 0 Å². The number of amides is 1. The van der Waals surface area contributed by atoms with Crippen LogP contribution in [-0.2, 0) is 11.2 Å². The molecule has 4 nitrogen and oxygen atoms in total. The highest BCUT2D eigenvalue weighted by atomic mass is 32.1. The van der Waals surface area contributed by atoms with Crippen LogP contribution in [0.4, 0.5) is 0 Å². The number of unbranched alkanes of at least 4 members (excludes halogenated alkanes) is 1. The first-order valence-corrected chi connectivity index (χ1v) is 6.31. The highest BCUT2D eigenvalue weighted by Crippen LogP contribution is 2.11. The van der Waals surface area contributed by atoms with Crippen LogP contribution in [0.1, 0.15) is 24.8 Å². The summed E-state index contributed by atoms with van der Waals surface area (Å²) < 4.78 is 0. The van der Waals surface area contributed by atoms with Crippen LogP contribution < -0.4 is 11.1 Å². The zero-order valence-corrected chi connectivity index (χ0v) is 11.0. The van der Waals surface area contributed by atoms with Crippen LogP contribution in [0.15, 0.2) is 24.3 Å². The molecule has 1 aromatic rings. The minimum absolute atomic E-state index is 0.0454. The lowest BCUT2D eigenvalue weighted by atomic mass is 10.1. The highest BCUT2D eigenvalue weighted by Gasteiger charge is 2.03. The van der Waals surface area contributed by atoms with Gasteiger partial charge in [-0.05, 0) is 37.0 Å². The van der Waals surface area contributed by atoms with Crippen molar-refractivity contribution in [1.82, 2.24) is 5.32 Å². The summed E-state index contributed by atoms with van der Waals surface area (Å²) in [5.74, 6) is 0.132. The summed E-state index contributed by atoms with van der Waals surface area (Å²) in [6.45, 7) is 0.625. The maximum atomic E-state index is 11.6. The topological polar surface area (TPSA) is 75.3 Å². The normalized spacial score (nSPS) is 10.0. The molecule has 5 heteroatoms. The predicted molar refractivity (Wildman–Crippen MR) is 75.5 cm³/mol. The molecule has 18 heavy (non-hydrogen) atoms. The van der Waals surface area contributed by atoms with E-state index in [4.69, 9.17) is 18.0 Å². The Morgan fingerprint density at radius 2 is 2.17 bits per heavy atom. The molecule has 0 aliphatic carbocycles. The minimum Gasteiger partial charge on any atom is -0.508 e. The number of carbonyl (C=O) groups excluding carboxylic acids is 1. The molecule has 0 saturated carbocycles. The lowest BCUT2D eigenvalue weighted by Gasteiger charge is -2.05. The van der Waals surface area contributed by atoms with E-state index in [9.17, 15) is 9.90 Å².